The van der Waals surface area contributed by atoms with Crippen LogP contribution in [0.25, 0.3) is 0 Å². The Balaban J connectivity index is 1.89. The first-order chi connectivity index (χ1) is 10.1. The van der Waals surface area contributed by atoms with Gasteiger partial charge < -0.3 is 10.1 Å². The van der Waals surface area contributed by atoms with E-state index < -0.39 is 18.2 Å². The maximum atomic E-state index is 13.4. The van der Waals surface area contributed by atoms with Crippen LogP contribution in [0, 0.1) is 11.6 Å². The highest BCUT2D eigenvalue weighted by molar-refractivity contribution is 5.27. The number of rotatable bonds is 6. The Bertz CT molecular complexity index is 566. The molecule has 0 heterocycles. The Labute approximate surface area is 119 Å². The molecule has 0 aliphatic rings. The number of nitrogens with one attached hydrogen (secondary N) is 1. The maximum absolute atomic E-state index is 13.4. The lowest BCUT2D eigenvalue weighted by Crippen LogP contribution is -2.15. The van der Waals surface area contributed by atoms with E-state index in [2.05, 4.69) is 10.1 Å². The maximum Gasteiger partial charge on any atom is 0.387 e. The van der Waals surface area contributed by atoms with Gasteiger partial charge >= 0.3 is 6.61 Å². The van der Waals surface area contributed by atoms with Crippen LogP contribution >= 0.6 is 0 Å². The van der Waals surface area contributed by atoms with Gasteiger partial charge in [0.2, 0.25) is 0 Å². The van der Waals surface area contributed by atoms with Gasteiger partial charge in [-0.3, -0.25) is 0 Å². The predicted molar refractivity (Wildman–Crippen MR) is 70.0 cm³/mol. The number of hydrogen-bond donors (Lipinski definition) is 1. The molecule has 2 nitrogen and oxygen atoms in total. The van der Waals surface area contributed by atoms with E-state index in [-0.39, 0.29) is 17.9 Å². The Morgan fingerprint density at radius 2 is 1.52 bits per heavy atom. The minimum Gasteiger partial charge on any atom is -0.435 e. The van der Waals surface area contributed by atoms with Crippen molar-refractivity contribution >= 4 is 0 Å². The van der Waals surface area contributed by atoms with Gasteiger partial charge in [0, 0.05) is 18.7 Å². The summed E-state index contributed by atoms with van der Waals surface area (Å²) in [5.41, 5.74) is 0.753. The largest absolute Gasteiger partial charge is 0.435 e. The summed E-state index contributed by atoms with van der Waals surface area (Å²) >= 11 is 0. The molecule has 0 spiro atoms. The molecule has 0 amide bonds. The summed E-state index contributed by atoms with van der Waals surface area (Å²) in [4.78, 5) is 0. The van der Waals surface area contributed by atoms with Gasteiger partial charge in [0.15, 0.2) is 0 Å². The topological polar surface area (TPSA) is 21.3 Å². The molecule has 0 unspecified atom stereocenters. The number of benzene rings is 2. The number of alkyl halides is 2. The fraction of sp³-hybridized carbons (Fsp3) is 0.200. The van der Waals surface area contributed by atoms with E-state index in [4.69, 9.17) is 0 Å². The summed E-state index contributed by atoms with van der Waals surface area (Å²) in [7, 11) is 0. The third-order valence-electron chi connectivity index (χ3n) is 2.84. The second kappa shape index (κ2) is 7.08. The van der Waals surface area contributed by atoms with Gasteiger partial charge in [-0.1, -0.05) is 18.2 Å². The minimum atomic E-state index is -2.86. The molecular formula is C15H13F4NO. The molecule has 112 valence electrons. The van der Waals surface area contributed by atoms with E-state index in [0.717, 1.165) is 5.56 Å². The average molecular weight is 299 g/mol. The second-order valence-electron chi connectivity index (χ2n) is 4.33. The zero-order valence-corrected chi connectivity index (χ0v) is 11.0. The second-order valence-corrected chi connectivity index (χ2v) is 4.33. The Morgan fingerprint density at radius 3 is 2.10 bits per heavy atom. The lowest BCUT2D eigenvalue weighted by atomic mass is 10.2. The molecule has 0 aliphatic heterocycles. The SMILES string of the molecule is Fc1cccc(F)c1CNCc1ccc(OC(F)F)cc1. The lowest BCUT2D eigenvalue weighted by molar-refractivity contribution is -0.0498. The first-order valence-corrected chi connectivity index (χ1v) is 6.23. The summed E-state index contributed by atoms with van der Waals surface area (Å²) in [6.45, 7) is -2.48. The molecule has 0 atom stereocenters. The fourth-order valence-electron chi connectivity index (χ4n) is 1.82. The van der Waals surface area contributed by atoms with Gasteiger partial charge in [-0.25, -0.2) is 8.78 Å². The highest BCUT2D eigenvalue weighted by Crippen LogP contribution is 2.15. The molecule has 0 saturated heterocycles. The highest BCUT2D eigenvalue weighted by atomic mass is 19.3. The van der Waals surface area contributed by atoms with Crippen molar-refractivity contribution in [1.29, 1.82) is 0 Å². The van der Waals surface area contributed by atoms with Crippen molar-refractivity contribution in [2.24, 2.45) is 0 Å². The van der Waals surface area contributed by atoms with Gasteiger partial charge in [0.05, 0.1) is 0 Å². The average Bonchev–Trinajstić information content (AvgIpc) is 2.43. The Kier molecular flexibility index (Phi) is 5.16. The Morgan fingerprint density at radius 1 is 0.905 bits per heavy atom. The van der Waals surface area contributed by atoms with Crippen molar-refractivity contribution in [3.05, 3.63) is 65.2 Å². The van der Waals surface area contributed by atoms with E-state index in [0.29, 0.717) is 6.54 Å². The van der Waals surface area contributed by atoms with Crippen molar-refractivity contribution in [3.8, 4) is 5.75 Å². The molecular weight excluding hydrogens is 286 g/mol. The normalized spacial score (nSPS) is 10.9. The molecule has 0 aromatic heterocycles. The number of ether oxygens (including phenoxy) is 1. The highest BCUT2D eigenvalue weighted by Gasteiger charge is 2.07. The molecule has 0 bridgehead atoms. The predicted octanol–water partition coefficient (Wildman–Crippen LogP) is 3.86. The Hall–Kier alpha value is -2.08. The van der Waals surface area contributed by atoms with Gasteiger partial charge in [-0.2, -0.15) is 8.78 Å². The molecule has 2 rings (SSSR count). The van der Waals surface area contributed by atoms with Crippen molar-refractivity contribution < 1.29 is 22.3 Å². The van der Waals surface area contributed by atoms with Gasteiger partial charge in [0.1, 0.15) is 17.4 Å². The van der Waals surface area contributed by atoms with E-state index in [9.17, 15) is 17.6 Å². The van der Waals surface area contributed by atoms with Crippen LogP contribution in [-0.4, -0.2) is 6.61 Å². The lowest BCUT2D eigenvalue weighted by Gasteiger charge is -2.08. The molecule has 2 aromatic carbocycles. The molecule has 0 fully saturated rings. The first-order valence-electron chi connectivity index (χ1n) is 6.23. The van der Waals surface area contributed by atoms with Crippen LogP contribution in [0.2, 0.25) is 0 Å². The molecule has 0 radical (unpaired) electrons. The smallest absolute Gasteiger partial charge is 0.387 e. The quantitative estimate of drug-likeness (QED) is 0.818. The summed E-state index contributed by atoms with van der Waals surface area (Å²) < 4.78 is 55.0. The van der Waals surface area contributed by atoms with Crippen LogP contribution < -0.4 is 10.1 Å². The number of hydrogen-bond acceptors (Lipinski definition) is 2. The summed E-state index contributed by atoms with van der Waals surface area (Å²) in [6, 6.07) is 9.70. The van der Waals surface area contributed by atoms with Gasteiger partial charge in [0.25, 0.3) is 0 Å². The molecule has 0 saturated carbocycles. The fourth-order valence-corrected chi connectivity index (χ4v) is 1.82. The van der Waals surface area contributed by atoms with E-state index in [1.807, 2.05) is 0 Å². The van der Waals surface area contributed by atoms with Crippen LogP contribution in [0.3, 0.4) is 0 Å². The van der Waals surface area contributed by atoms with Gasteiger partial charge in [-0.05, 0) is 29.8 Å². The minimum absolute atomic E-state index is 0.0323. The number of halogens is 4. The van der Waals surface area contributed by atoms with Crippen molar-refractivity contribution in [2.45, 2.75) is 19.7 Å². The van der Waals surface area contributed by atoms with E-state index in [1.165, 1.54) is 30.3 Å². The van der Waals surface area contributed by atoms with Gasteiger partial charge in [-0.15, -0.1) is 0 Å². The zero-order chi connectivity index (χ0) is 15.2. The van der Waals surface area contributed by atoms with Crippen molar-refractivity contribution in [2.75, 3.05) is 0 Å². The van der Waals surface area contributed by atoms with Crippen LogP contribution in [0.1, 0.15) is 11.1 Å². The summed E-state index contributed by atoms with van der Waals surface area (Å²) in [5, 5.41) is 2.89. The zero-order valence-electron chi connectivity index (χ0n) is 11.0. The standard InChI is InChI=1S/C15H13F4NO/c16-13-2-1-3-14(17)12(13)9-20-8-10-4-6-11(7-5-10)21-15(18)19/h1-7,15,20H,8-9H2. The monoisotopic (exact) mass is 299 g/mol. The molecule has 6 heteroatoms. The molecule has 21 heavy (non-hydrogen) atoms. The van der Waals surface area contributed by atoms with Crippen LogP contribution in [0.15, 0.2) is 42.5 Å². The van der Waals surface area contributed by atoms with Crippen molar-refractivity contribution in [3.63, 3.8) is 0 Å². The summed E-state index contributed by atoms with van der Waals surface area (Å²) in [6.07, 6.45) is 0. The molecule has 0 aliphatic carbocycles. The van der Waals surface area contributed by atoms with E-state index >= 15 is 0 Å². The third-order valence-corrected chi connectivity index (χ3v) is 2.84. The summed E-state index contributed by atoms with van der Waals surface area (Å²) in [5.74, 6) is -1.15. The molecule has 2 aromatic rings. The van der Waals surface area contributed by atoms with E-state index in [1.54, 1.807) is 12.1 Å². The first kappa shape index (κ1) is 15.3. The van der Waals surface area contributed by atoms with Crippen LogP contribution in [-0.2, 0) is 13.1 Å². The van der Waals surface area contributed by atoms with Crippen molar-refractivity contribution in [1.82, 2.24) is 5.32 Å². The third kappa shape index (κ3) is 4.46. The molecule has 1 N–H and O–H groups in total. The van der Waals surface area contributed by atoms with Crippen LogP contribution in [0.4, 0.5) is 17.6 Å². The van der Waals surface area contributed by atoms with Crippen LogP contribution in [0.5, 0.6) is 5.75 Å².